The minimum atomic E-state index is -0.494. The minimum absolute atomic E-state index is 0.104. The lowest BCUT2D eigenvalue weighted by Gasteiger charge is -2.09. The smallest absolute Gasteiger partial charge is 0.338 e. The molecule has 0 N–H and O–H groups in total. The Balaban J connectivity index is 2.17. The van der Waals surface area contributed by atoms with E-state index in [0.29, 0.717) is 11.3 Å². The van der Waals surface area contributed by atoms with Crippen molar-refractivity contribution in [2.45, 2.75) is 0 Å². The summed E-state index contributed by atoms with van der Waals surface area (Å²) in [4.78, 5) is 22.4. The Hall–Kier alpha value is -3.35. The standard InChI is InChI=1S/C17H14N2O5/c1-23-16-10-11(6-7-15(16)19(21)22)18-9-8-12-13(17(20)24-2)4-3-5-14(12)18/h3-10H,1-2H3. The van der Waals surface area contributed by atoms with Crippen LogP contribution in [0.5, 0.6) is 5.75 Å². The Kier molecular flexibility index (Phi) is 3.91. The molecule has 0 bridgehead atoms. The van der Waals surface area contributed by atoms with Crippen LogP contribution >= 0.6 is 0 Å². The van der Waals surface area contributed by atoms with Crippen molar-refractivity contribution in [2.24, 2.45) is 0 Å². The highest BCUT2D eigenvalue weighted by molar-refractivity contribution is 6.04. The summed E-state index contributed by atoms with van der Waals surface area (Å²) in [6, 6.07) is 11.7. The molecule has 0 aliphatic rings. The van der Waals surface area contributed by atoms with E-state index < -0.39 is 10.9 Å². The van der Waals surface area contributed by atoms with Gasteiger partial charge in [0, 0.05) is 29.4 Å². The SMILES string of the molecule is COC(=O)c1cccc2c1ccn2-c1ccc([N+](=O)[O-])c(OC)c1. The molecule has 0 radical (unpaired) electrons. The van der Waals surface area contributed by atoms with Crippen LogP contribution in [0.15, 0.2) is 48.7 Å². The van der Waals surface area contributed by atoms with E-state index in [4.69, 9.17) is 9.47 Å². The summed E-state index contributed by atoms with van der Waals surface area (Å²) in [7, 11) is 2.72. The summed E-state index contributed by atoms with van der Waals surface area (Å²) in [5, 5.41) is 11.7. The molecule has 0 aliphatic heterocycles. The zero-order chi connectivity index (χ0) is 17.3. The monoisotopic (exact) mass is 326 g/mol. The zero-order valence-corrected chi connectivity index (χ0v) is 13.1. The number of nitro benzene ring substituents is 1. The molecule has 0 aliphatic carbocycles. The van der Waals surface area contributed by atoms with Crippen molar-refractivity contribution in [3.63, 3.8) is 0 Å². The zero-order valence-electron chi connectivity index (χ0n) is 13.1. The first-order valence-electron chi connectivity index (χ1n) is 7.08. The molecule has 3 aromatic rings. The van der Waals surface area contributed by atoms with Gasteiger partial charge in [-0.25, -0.2) is 4.79 Å². The van der Waals surface area contributed by atoms with E-state index in [1.54, 1.807) is 36.5 Å². The van der Waals surface area contributed by atoms with Crippen molar-refractivity contribution in [1.82, 2.24) is 4.57 Å². The molecule has 0 spiro atoms. The van der Waals surface area contributed by atoms with E-state index in [0.717, 1.165) is 10.9 Å². The Morgan fingerprint density at radius 2 is 1.96 bits per heavy atom. The van der Waals surface area contributed by atoms with Crippen molar-refractivity contribution in [2.75, 3.05) is 14.2 Å². The highest BCUT2D eigenvalue weighted by atomic mass is 16.6. The lowest BCUT2D eigenvalue weighted by atomic mass is 10.1. The summed E-state index contributed by atoms with van der Waals surface area (Å²) in [6.45, 7) is 0. The van der Waals surface area contributed by atoms with E-state index in [1.807, 2.05) is 10.6 Å². The number of nitro groups is 1. The van der Waals surface area contributed by atoms with Crippen molar-refractivity contribution in [3.8, 4) is 11.4 Å². The quantitative estimate of drug-likeness (QED) is 0.417. The molecule has 0 fully saturated rings. The van der Waals surface area contributed by atoms with Gasteiger partial charge in [0.15, 0.2) is 5.75 Å². The summed E-state index contributed by atoms with van der Waals surface area (Å²) in [5.41, 5.74) is 1.83. The molecule has 2 aromatic carbocycles. The van der Waals surface area contributed by atoms with E-state index >= 15 is 0 Å². The number of nitrogens with zero attached hydrogens (tertiary/aromatic N) is 2. The molecule has 7 heteroatoms. The number of esters is 1. The van der Waals surface area contributed by atoms with Crippen molar-refractivity contribution in [3.05, 3.63) is 64.3 Å². The predicted octanol–water partition coefficient (Wildman–Crippen LogP) is 3.33. The van der Waals surface area contributed by atoms with Crippen LogP contribution in [0.25, 0.3) is 16.6 Å². The fraction of sp³-hybridized carbons (Fsp3) is 0.118. The number of aromatic nitrogens is 1. The maximum Gasteiger partial charge on any atom is 0.338 e. The number of ether oxygens (including phenoxy) is 2. The molecule has 122 valence electrons. The van der Waals surface area contributed by atoms with Gasteiger partial charge in [-0.15, -0.1) is 0 Å². The van der Waals surface area contributed by atoms with Gasteiger partial charge in [0.2, 0.25) is 0 Å². The minimum Gasteiger partial charge on any atom is -0.490 e. The van der Waals surface area contributed by atoms with Gasteiger partial charge in [-0.05, 0) is 24.3 Å². The second-order valence-corrected chi connectivity index (χ2v) is 5.03. The second-order valence-electron chi connectivity index (χ2n) is 5.03. The highest BCUT2D eigenvalue weighted by Gasteiger charge is 2.17. The molecule has 7 nitrogen and oxygen atoms in total. The molecule has 0 amide bonds. The van der Waals surface area contributed by atoms with Crippen LogP contribution in [0.4, 0.5) is 5.69 Å². The summed E-state index contributed by atoms with van der Waals surface area (Å²) < 4.78 is 11.7. The number of fused-ring (bicyclic) bond motifs is 1. The lowest BCUT2D eigenvalue weighted by Crippen LogP contribution is -2.02. The van der Waals surface area contributed by atoms with E-state index in [2.05, 4.69) is 0 Å². The van der Waals surface area contributed by atoms with Crippen LogP contribution < -0.4 is 4.74 Å². The van der Waals surface area contributed by atoms with Crippen LogP contribution in [0.2, 0.25) is 0 Å². The first-order valence-corrected chi connectivity index (χ1v) is 7.08. The van der Waals surface area contributed by atoms with Crippen LogP contribution in [-0.2, 0) is 4.74 Å². The Bertz CT molecular complexity index is 945. The van der Waals surface area contributed by atoms with Gasteiger partial charge in [-0.3, -0.25) is 10.1 Å². The lowest BCUT2D eigenvalue weighted by molar-refractivity contribution is -0.385. The number of rotatable bonds is 4. The van der Waals surface area contributed by atoms with E-state index in [9.17, 15) is 14.9 Å². The third-order valence-corrected chi connectivity index (χ3v) is 3.78. The van der Waals surface area contributed by atoms with Crippen molar-refractivity contribution >= 4 is 22.6 Å². The van der Waals surface area contributed by atoms with Crippen LogP contribution in [0.3, 0.4) is 0 Å². The molecule has 1 heterocycles. The molecular weight excluding hydrogens is 312 g/mol. The summed E-state index contributed by atoms with van der Waals surface area (Å²) in [6.07, 6.45) is 1.79. The van der Waals surface area contributed by atoms with Crippen LogP contribution in [0, 0.1) is 10.1 Å². The summed E-state index contributed by atoms with van der Waals surface area (Å²) in [5.74, 6) is -0.247. The Morgan fingerprint density at radius 3 is 2.62 bits per heavy atom. The molecular formula is C17H14N2O5. The molecule has 0 saturated carbocycles. The average Bonchev–Trinajstić information content (AvgIpc) is 3.04. The number of hydrogen-bond donors (Lipinski definition) is 0. The second kappa shape index (κ2) is 6.04. The molecule has 0 saturated heterocycles. The maximum atomic E-state index is 11.9. The maximum absolute atomic E-state index is 11.9. The number of carbonyl (C=O) groups excluding carboxylic acids is 1. The van der Waals surface area contributed by atoms with Gasteiger partial charge in [-0.1, -0.05) is 6.07 Å². The molecule has 0 unspecified atom stereocenters. The van der Waals surface area contributed by atoms with E-state index in [1.165, 1.54) is 20.3 Å². The first-order chi connectivity index (χ1) is 11.6. The largest absolute Gasteiger partial charge is 0.490 e. The Labute approximate surface area is 137 Å². The first kappa shape index (κ1) is 15.5. The molecule has 3 rings (SSSR count). The third-order valence-electron chi connectivity index (χ3n) is 3.78. The third kappa shape index (κ3) is 2.45. The van der Waals surface area contributed by atoms with Gasteiger partial charge in [0.05, 0.1) is 30.2 Å². The van der Waals surface area contributed by atoms with E-state index in [-0.39, 0.29) is 11.4 Å². The van der Waals surface area contributed by atoms with Gasteiger partial charge >= 0.3 is 11.7 Å². The number of methoxy groups -OCH3 is 2. The van der Waals surface area contributed by atoms with Gasteiger partial charge in [-0.2, -0.15) is 0 Å². The topological polar surface area (TPSA) is 83.6 Å². The van der Waals surface area contributed by atoms with Crippen molar-refractivity contribution in [1.29, 1.82) is 0 Å². The fourth-order valence-corrected chi connectivity index (χ4v) is 2.65. The number of hydrogen-bond acceptors (Lipinski definition) is 5. The normalized spacial score (nSPS) is 10.6. The fourth-order valence-electron chi connectivity index (χ4n) is 2.65. The van der Waals surface area contributed by atoms with Crippen molar-refractivity contribution < 1.29 is 19.2 Å². The average molecular weight is 326 g/mol. The number of benzene rings is 2. The van der Waals surface area contributed by atoms with Crippen LogP contribution in [0.1, 0.15) is 10.4 Å². The van der Waals surface area contributed by atoms with Gasteiger partial charge in [0.25, 0.3) is 0 Å². The molecule has 1 aromatic heterocycles. The molecule has 24 heavy (non-hydrogen) atoms. The highest BCUT2D eigenvalue weighted by Crippen LogP contribution is 2.31. The Morgan fingerprint density at radius 1 is 1.17 bits per heavy atom. The summed E-state index contributed by atoms with van der Waals surface area (Å²) >= 11 is 0. The molecule has 0 atom stereocenters. The van der Waals surface area contributed by atoms with Crippen LogP contribution in [-0.4, -0.2) is 29.7 Å². The van der Waals surface area contributed by atoms with Gasteiger partial charge in [0.1, 0.15) is 0 Å². The number of carbonyl (C=O) groups is 1. The van der Waals surface area contributed by atoms with Gasteiger partial charge < -0.3 is 14.0 Å². The predicted molar refractivity (Wildman–Crippen MR) is 87.8 cm³/mol.